The van der Waals surface area contributed by atoms with Crippen molar-refractivity contribution in [3.8, 4) is 0 Å². The van der Waals surface area contributed by atoms with E-state index in [0.717, 1.165) is 0 Å². The number of nitrogens with one attached hydrogen (secondary N) is 1. The van der Waals surface area contributed by atoms with Gasteiger partial charge in [-0.05, 0) is 29.7 Å². The van der Waals surface area contributed by atoms with Gasteiger partial charge in [0, 0.05) is 25.6 Å². The molecule has 0 aromatic carbocycles. The fourth-order valence-corrected chi connectivity index (χ4v) is 4.82. The van der Waals surface area contributed by atoms with Gasteiger partial charge in [-0.1, -0.05) is 26.8 Å². The summed E-state index contributed by atoms with van der Waals surface area (Å²) in [5.74, 6) is 0.159. The van der Waals surface area contributed by atoms with E-state index in [2.05, 4.69) is 4.72 Å². The predicted molar refractivity (Wildman–Crippen MR) is 88.3 cm³/mol. The van der Waals surface area contributed by atoms with Gasteiger partial charge in [0.15, 0.2) is 0 Å². The molecule has 1 saturated heterocycles. The molecule has 0 bridgehead atoms. The summed E-state index contributed by atoms with van der Waals surface area (Å²) in [6.45, 7) is 7.38. The summed E-state index contributed by atoms with van der Waals surface area (Å²) >= 11 is 1.22. The van der Waals surface area contributed by atoms with Gasteiger partial charge < -0.3 is 4.90 Å². The van der Waals surface area contributed by atoms with Crippen molar-refractivity contribution in [2.75, 3.05) is 13.1 Å². The van der Waals surface area contributed by atoms with E-state index in [1.807, 2.05) is 25.7 Å². The summed E-state index contributed by atoms with van der Waals surface area (Å²) in [5, 5.41) is 1.75. The summed E-state index contributed by atoms with van der Waals surface area (Å²) < 4.78 is 27.5. The number of hydrogen-bond donors (Lipinski definition) is 1. The van der Waals surface area contributed by atoms with Crippen LogP contribution in [0.5, 0.6) is 0 Å². The van der Waals surface area contributed by atoms with E-state index in [9.17, 15) is 13.2 Å². The highest BCUT2D eigenvalue weighted by Gasteiger charge is 2.28. The fraction of sp³-hybridized carbons (Fsp3) is 0.667. The molecule has 124 valence electrons. The standard InChI is InChI=1S/C15H24N2O3S2/c1-15(2,3)11-13(18)17-8-6-12(7-9-17)16-22(19,20)14-5-4-10-21-14/h4-5,10,12,16H,6-9,11H2,1-3H3. The zero-order valence-corrected chi connectivity index (χ0v) is 15.0. The van der Waals surface area contributed by atoms with Gasteiger partial charge in [0.2, 0.25) is 15.9 Å². The van der Waals surface area contributed by atoms with Crippen LogP contribution in [0.3, 0.4) is 0 Å². The Morgan fingerprint density at radius 3 is 2.50 bits per heavy atom. The normalized spacial score (nSPS) is 17.7. The van der Waals surface area contributed by atoms with Gasteiger partial charge in [-0.3, -0.25) is 4.79 Å². The van der Waals surface area contributed by atoms with Crippen LogP contribution in [0, 0.1) is 5.41 Å². The van der Waals surface area contributed by atoms with Crippen LogP contribution in [0.15, 0.2) is 21.7 Å². The zero-order chi connectivity index (χ0) is 16.4. The number of rotatable bonds is 4. The molecule has 2 heterocycles. The molecule has 0 aliphatic carbocycles. The Bertz CT molecular complexity index is 595. The van der Waals surface area contributed by atoms with E-state index in [1.165, 1.54) is 11.3 Å². The van der Waals surface area contributed by atoms with E-state index in [1.54, 1.807) is 17.5 Å². The fourth-order valence-electron chi connectivity index (χ4n) is 2.51. The number of nitrogens with zero attached hydrogens (tertiary/aromatic N) is 1. The SMILES string of the molecule is CC(C)(C)CC(=O)N1CCC(NS(=O)(=O)c2cccs2)CC1. The minimum Gasteiger partial charge on any atom is -0.343 e. The highest BCUT2D eigenvalue weighted by atomic mass is 32.2. The third-order valence-corrected chi connectivity index (χ3v) is 6.53. The van der Waals surface area contributed by atoms with Gasteiger partial charge >= 0.3 is 0 Å². The Morgan fingerprint density at radius 2 is 2.00 bits per heavy atom. The number of hydrogen-bond acceptors (Lipinski definition) is 4. The lowest BCUT2D eigenvalue weighted by Gasteiger charge is -2.33. The molecule has 5 nitrogen and oxygen atoms in total. The first kappa shape index (κ1) is 17.4. The second-order valence-corrected chi connectivity index (χ2v) is 9.83. The first-order chi connectivity index (χ1) is 10.2. The Balaban J connectivity index is 1.86. The number of carbonyl (C=O) groups excluding carboxylic acids is 1. The molecular formula is C15H24N2O3S2. The molecule has 0 unspecified atom stereocenters. The Morgan fingerprint density at radius 1 is 1.36 bits per heavy atom. The summed E-state index contributed by atoms with van der Waals surface area (Å²) in [6.07, 6.45) is 1.86. The number of thiophene rings is 1. The van der Waals surface area contributed by atoms with E-state index < -0.39 is 10.0 Å². The first-order valence-corrected chi connectivity index (χ1v) is 9.87. The first-order valence-electron chi connectivity index (χ1n) is 7.51. The van der Waals surface area contributed by atoms with E-state index in [4.69, 9.17) is 0 Å². The van der Waals surface area contributed by atoms with Crippen LogP contribution in [0.25, 0.3) is 0 Å². The molecule has 1 amide bonds. The smallest absolute Gasteiger partial charge is 0.250 e. The highest BCUT2D eigenvalue weighted by molar-refractivity contribution is 7.91. The van der Waals surface area contributed by atoms with Gasteiger partial charge in [-0.15, -0.1) is 11.3 Å². The zero-order valence-electron chi connectivity index (χ0n) is 13.3. The molecule has 1 aliphatic heterocycles. The van der Waals surface area contributed by atoms with Gasteiger partial charge in [0.25, 0.3) is 0 Å². The van der Waals surface area contributed by atoms with Gasteiger partial charge in [0.1, 0.15) is 4.21 Å². The summed E-state index contributed by atoms with van der Waals surface area (Å²) in [7, 11) is -3.42. The number of amides is 1. The van der Waals surface area contributed by atoms with Crippen molar-refractivity contribution in [1.82, 2.24) is 9.62 Å². The van der Waals surface area contributed by atoms with Gasteiger partial charge in [0.05, 0.1) is 0 Å². The average Bonchev–Trinajstić information content (AvgIpc) is 2.91. The second-order valence-electron chi connectivity index (χ2n) is 6.95. The summed E-state index contributed by atoms with van der Waals surface area (Å²) in [4.78, 5) is 14.0. The van der Waals surface area contributed by atoms with Crippen molar-refractivity contribution >= 4 is 27.3 Å². The summed E-state index contributed by atoms with van der Waals surface area (Å²) in [5.41, 5.74) is -0.0192. The number of carbonyl (C=O) groups is 1. The van der Waals surface area contributed by atoms with Crippen molar-refractivity contribution in [2.45, 2.75) is 50.3 Å². The Hall–Kier alpha value is -0.920. The quantitative estimate of drug-likeness (QED) is 0.912. The van der Waals surface area contributed by atoms with Crippen LogP contribution in [-0.4, -0.2) is 38.4 Å². The molecule has 1 N–H and O–H groups in total. The molecule has 0 saturated carbocycles. The number of sulfonamides is 1. The van der Waals surface area contributed by atoms with E-state index >= 15 is 0 Å². The maximum Gasteiger partial charge on any atom is 0.250 e. The molecule has 2 rings (SSSR count). The molecule has 22 heavy (non-hydrogen) atoms. The largest absolute Gasteiger partial charge is 0.343 e. The molecule has 1 aliphatic rings. The molecule has 0 spiro atoms. The summed E-state index contributed by atoms with van der Waals surface area (Å²) in [6, 6.07) is 3.24. The van der Waals surface area contributed by atoms with Crippen molar-refractivity contribution in [2.24, 2.45) is 5.41 Å². The lowest BCUT2D eigenvalue weighted by molar-refractivity contribution is -0.134. The molecule has 1 fully saturated rings. The van der Waals surface area contributed by atoms with E-state index in [0.29, 0.717) is 36.6 Å². The topological polar surface area (TPSA) is 66.5 Å². The maximum atomic E-state index is 12.2. The predicted octanol–water partition coefficient (Wildman–Crippen LogP) is 2.45. The van der Waals surface area contributed by atoms with Crippen molar-refractivity contribution in [3.05, 3.63) is 17.5 Å². The number of likely N-dealkylation sites (tertiary alicyclic amines) is 1. The third kappa shape index (κ3) is 4.79. The van der Waals surface area contributed by atoms with Crippen LogP contribution in [0.1, 0.15) is 40.0 Å². The molecule has 0 atom stereocenters. The lowest BCUT2D eigenvalue weighted by atomic mass is 9.91. The number of piperidine rings is 1. The minimum absolute atomic E-state index is 0.0192. The highest BCUT2D eigenvalue weighted by Crippen LogP contribution is 2.22. The Labute approximate surface area is 136 Å². The van der Waals surface area contributed by atoms with Crippen LogP contribution < -0.4 is 4.72 Å². The van der Waals surface area contributed by atoms with Crippen LogP contribution in [0.4, 0.5) is 0 Å². The molecule has 0 radical (unpaired) electrons. The van der Waals surface area contributed by atoms with Crippen molar-refractivity contribution in [3.63, 3.8) is 0 Å². The van der Waals surface area contributed by atoms with Crippen molar-refractivity contribution < 1.29 is 13.2 Å². The Kier molecular flexibility index (Phi) is 5.29. The molecule has 1 aromatic heterocycles. The molecule has 7 heteroatoms. The third-order valence-electron chi connectivity index (χ3n) is 3.61. The van der Waals surface area contributed by atoms with Crippen LogP contribution in [0.2, 0.25) is 0 Å². The van der Waals surface area contributed by atoms with Crippen LogP contribution >= 0.6 is 11.3 Å². The van der Waals surface area contributed by atoms with Gasteiger partial charge in [-0.2, -0.15) is 0 Å². The van der Waals surface area contributed by atoms with Crippen LogP contribution in [-0.2, 0) is 14.8 Å². The molecule has 1 aromatic rings. The van der Waals surface area contributed by atoms with E-state index in [-0.39, 0.29) is 17.4 Å². The molecular weight excluding hydrogens is 320 g/mol. The maximum absolute atomic E-state index is 12.2. The van der Waals surface area contributed by atoms with Gasteiger partial charge in [-0.25, -0.2) is 13.1 Å². The average molecular weight is 345 g/mol. The van der Waals surface area contributed by atoms with Crippen molar-refractivity contribution in [1.29, 1.82) is 0 Å². The monoisotopic (exact) mass is 344 g/mol. The minimum atomic E-state index is -3.42. The second kappa shape index (κ2) is 6.68. The lowest BCUT2D eigenvalue weighted by Crippen LogP contribution is -2.46.